The van der Waals surface area contributed by atoms with Gasteiger partial charge in [-0.15, -0.1) is 20.4 Å². The summed E-state index contributed by atoms with van der Waals surface area (Å²) in [5, 5.41) is 31.7. The van der Waals surface area contributed by atoms with E-state index in [0.29, 0.717) is 5.16 Å². The number of quaternary nitrogens is 1. The number of nitrogens with zero attached hydrogens (tertiary/aromatic N) is 7. The summed E-state index contributed by atoms with van der Waals surface area (Å²) in [7, 11) is 0. The molecule has 168 valence electrons. The predicted molar refractivity (Wildman–Crippen MR) is 126 cm³/mol. The number of thioether (sulfide) groups is 1. The lowest BCUT2D eigenvalue weighted by Gasteiger charge is -2.39. The molecule has 0 aliphatic carbocycles. The summed E-state index contributed by atoms with van der Waals surface area (Å²) in [5.41, 5.74) is -0.187. The van der Waals surface area contributed by atoms with Crippen LogP contribution in [-0.2, 0) is 0 Å². The van der Waals surface area contributed by atoms with Gasteiger partial charge in [0.05, 0.1) is 26.2 Å². The molecular weight excluding hydrogens is 394 g/mol. The summed E-state index contributed by atoms with van der Waals surface area (Å²) in [6, 6.07) is 1.65. The maximum atomic E-state index is 8.46. The molecule has 0 atom stereocenters. The summed E-state index contributed by atoms with van der Waals surface area (Å²) < 4.78 is 1.42. The smallest absolute Gasteiger partial charge is 0.229 e. The molecule has 0 aliphatic heterocycles. The molecule has 7 nitrogen and oxygen atoms in total. The fourth-order valence-electron chi connectivity index (χ4n) is 3.17. The van der Waals surface area contributed by atoms with E-state index in [1.54, 1.807) is 18.2 Å². The van der Waals surface area contributed by atoms with Crippen molar-refractivity contribution in [2.45, 2.75) is 84.2 Å². The maximum Gasteiger partial charge on any atom is 0.229 e. The lowest BCUT2D eigenvalue weighted by atomic mass is 10.1. The zero-order chi connectivity index (χ0) is 22.7. The quantitative estimate of drug-likeness (QED) is 0.174. The van der Waals surface area contributed by atoms with Crippen molar-refractivity contribution in [3.63, 3.8) is 0 Å². The van der Waals surface area contributed by atoms with Gasteiger partial charge in [-0.25, -0.2) is 5.87 Å². The summed E-state index contributed by atoms with van der Waals surface area (Å²) >= 11 is 1.28. The van der Waals surface area contributed by atoms with Gasteiger partial charge in [0.15, 0.2) is 0 Å². The molecule has 0 unspecified atom stereocenters. The molecule has 0 radical (unpaired) electrons. The molecule has 0 bridgehead atoms. The third kappa shape index (κ3) is 11.4. The summed E-state index contributed by atoms with van der Waals surface area (Å²) in [6.07, 6.45) is 12.8. The van der Waals surface area contributed by atoms with E-state index in [0.717, 1.165) is 0 Å². The van der Waals surface area contributed by atoms with Gasteiger partial charge in [-0.3, -0.25) is 0 Å². The van der Waals surface area contributed by atoms with Crippen LogP contribution in [0.2, 0.25) is 0 Å². The van der Waals surface area contributed by atoms with Gasteiger partial charge in [-0.2, -0.15) is 5.26 Å². The highest BCUT2D eigenvalue weighted by molar-refractivity contribution is 7.98. The number of nitriles is 1. The molecule has 0 aliphatic rings. The highest BCUT2D eigenvalue weighted by Crippen LogP contribution is 2.16. The molecule has 1 aromatic heterocycles. The topological polar surface area (TPSA) is 97.7 Å². The molecule has 0 saturated heterocycles. The van der Waals surface area contributed by atoms with Crippen molar-refractivity contribution in [1.29, 1.82) is 5.26 Å². The van der Waals surface area contributed by atoms with Gasteiger partial charge in [-0.05, 0) is 31.9 Å². The van der Waals surface area contributed by atoms with Gasteiger partial charge >= 0.3 is 0 Å². The van der Waals surface area contributed by atoms with Crippen molar-refractivity contribution in [2.24, 2.45) is 0 Å². The number of aromatic nitrogens is 4. The number of rotatable bonds is 14. The van der Waals surface area contributed by atoms with Crippen molar-refractivity contribution >= 4 is 23.2 Å². The molecule has 0 amide bonds. The maximum absolute atomic E-state index is 8.46. The summed E-state index contributed by atoms with van der Waals surface area (Å²) in [5.74, 6) is 1.61. The molecule has 0 aromatic carbocycles. The van der Waals surface area contributed by atoms with Crippen molar-refractivity contribution < 1.29 is 4.48 Å². The van der Waals surface area contributed by atoms with Crippen LogP contribution in [-0.4, -0.2) is 63.2 Å². The van der Waals surface area contributed by atoms with Crippen molar-refractivity contribution in [3.05, 3.63) is 11.2 Å². The van der Waals surface area contributed by atoms with E-state index in [1.165, 1.54) is 93.8 Å². The number of hydrogen-bond donors (Lipinski definition) is 0. The van der Waals surface area contributed by atoms with Crippen LogP contribution >= 0.6 is 11.8 Å². The lowest BCUT2D eigenvalue weighted by molar-refractivity contribution is -0.929. The van der Waals surface area contributed by atoms with E-state index < -0.39 is 0 Å². The third-order valence-corrected chi connectivity index (χ3v) is 5.56. The minimum atomic E-state index is -0.187. The highest BCUT2D eigenvalue weighted by Gasteiger charge is 2.24. The molecule has 1 heterocycles. The minimum absolute atomic E-state index is 0.0391. The Labute approximate surface area is 187 Å². The Morgan fingerprint density at radius 3 is 1.50 bits per heavy atom. The van der Waals surface area contributed by atoms with Gasteiger partial charge in [0.2, 0.25) is 11.0 Å². The van der Waals surface area contributed by atoms with Crippen LogP contribution in [0.5, 0.6) is 0 Å². The monoisotopic (exact) mass is 433 g/mol. The second-order valence-corrected chi connectivity index (χ2v) is 8.23. The second-order valence-electron chi connectivity index (χ2n) is 7.46. The number of unbranched alkanes of at least 4 members (excludes halogenated alkanes) is 4. The van der Waals surface area contributed by atoms with Crippen LogP contribution in [0.1, 0.15) is 84.9 Å². The molecule has 0 N–H and O–H groups in total. The first-order chi connectivity index (χ1) is 14.6. The van der Waals surface area contributed by atoms with E-state index >= 15 is 0 Å². The lowest BCUT2D eigenvalue weighted by Crippen LogP contribution is -2.50. The zero-order valence-corrected chi connectivity index (χ0v) is 20.3. The first kappa shape index (κ1) is 28.2. The van der Waals surface area contributed by atoms with Gasteiger partial charge in [-0.1, -0.05) is 65.1 Å². The number of hydrogen-bond acceptors (Lipinski definition) is 6. The normalized spacial score (nSPS) is 10.5. The Balaban J connectivity index is 0.000000579. The average molecular weight is 434 g/mol. The Hall–Kier alpha value is -1.81. The molecular formula is C22H39N7S. The van der Waals surface area contributed by atoms with Gasteiger partial charge < -0.3 is 9.89 Å². The minimum Gasteiger partial charge on any atom is -0.762 e. The predicted octanol–water partition coefficient (Wildman–Crippen LogP) is 5.14. The number of allylic oxidation sites excluding steroid dienone is 1. The second kappa shape index (κ2) is 18.0. The SMILES string of the molecule is CCCC[N+](CCCC)(CCCC)CCCC.CSc1nnc(C(=C=[N-])C#N)nn1. The van der Waals surface area contributed by atoms with Gasteiger partial charge in [0.1, 0.15) is 11.6 Å². The Morgan fingerprint density at radius 1 is 0.833 bits per heavy atom. The average Bonchev–Trinajstić information content (AvgIpc) is 2.80. The molecule has 0 fully saturated rings. The Bertz CT molecular complexity index is 611. The van der Waals surface area contributed by atoms with Crippen molar-refractivity contribution in [1.82, 2.24) is 20.4 Å². The first-order valence-corrected chi connectivity index (χ1v) is 12.4. The molecule has 0 spiro atoms. The molecule has 8 heteroatoms. The highest BCUT2D eigenvalue weighted by atomic mass is 32.2. The van der Waals surface area contributed by atoms with Crippen LogP contribution in [0, 0.1) is 11.3 Å². The fourth-order valence-corrected chi connectivity index (χ4v) is 3.42. The van der Waals surface area contributed by atoms with E-state index in [-0.39, 0.29) is 11.4 Å². The first-order valence-electron chi connectivity index (χ1n) is 11.2. The van der Waals surface area contributed by atoms with Crippen LogP contribution in [0.3, 0.4) is 0 Å². The Morgan fingerprint density at radius 2 is 1.23 bits per heavy atom. The largest absolute Gasteiger partial charge is 0.762 e. The van der Waals surface area contributed by atoms with E-state index in [9.17, 15) is 0 Å². The molecule has 1 rings (SSSR count). The zero-order valence-electron chi connectivity index (χ0n) is 19.5. The summed E-state index contributed by atoms with van der Waals surface area (Å²) in [4.78, 5) is 0. The van der Waals surface area contributed by atoms with Crippen LogP contribution in [0.15, 0.2) is 5.16 Å². The van der Waals surface area contributed by atoms with Crippen LogP contribution < -0.4 is 0 Å². The van der Waals surface area contributed by atoms with E-state index in [1.807, 2.05) is 0 Å². The van der Waals surface area contributed by atoms with E-state index in [2.05, 4.69) is 48.1 Å². The van der Waals surface area contributed by atoms with Crippen LogP contribution in [0.4, 0.5) is 0 Å². The summed E-state index contributed by atoms with van der Waals surface area (Å²) in [6.45, 7) is 15.0. The third-order valence-electron chi connectivity index (χ3n) is 5.03. The fraction of sp³-hybridized carbons (Fsp3) is 0.773. The molecule has 1 aromatic rings. The van der Waals surface area contributed by atoms with Crippen molar-refractivity contribution in [3.8, 4) is 6.07 Å². The standard InChI is InChI=1S/C16H36N.C6H3N6S/c1-5-9-13-17(14-10-6-2,15-11-7-3)16-12-8-4;1-13-6-11-9-5(10-12-6)4(2-7)3-8/h5-16H2,1-4H3;1H3/q+1;-1. The van der Waals surface area contributed by atoms with Crippen molar-refractivity contribution in [2.75, 3.05) is 32.4 Å². The Kier molecular flexibility index (Phi) is 16.9. The van der Waals surface area contributed by atoms with E-state index in [4.69, 9.17) is 10.7 Å². The van der Waals surface area contributed by atoms with Gasteiger partial charge in [0, 0.05) is 0 Å². The van der Waals surface area contributed by atoms with Gasteiger partial charge in [0.25, 0.3) is 0 Å². The molecule has 0 saturated carbocycles. The molecule has 30 heavy (non-hydrogen) atoms. The van der Waals surface area contributed by atoms with Crippen LogP contribution in [0.25, 0.3) is 11.0 Å².